The molecule has 0 radical (unpaired) electrons. The van der Waals surface area contributed by atoms with Crippen molar-refractivity contribution < 1.29 is 18.7 Å². The summed E-state index contributed by atoms with van der Waals surface area (Å²) in [7, 11) is 1.62. The number of nitrogens with zero attached hydrogens (tertiary/aromatic N) is 1. The van der Waals surface area contributed by atoms with Crippen molar-refractivity contribution in [1.82, 2.24) is 10.2 Å². The van der Waals surface area contributed by atoms with Crippen molar-refractivity contribution >= 4 is 11.8 Å². The molecule has 0 spiro atoms. The molecule has 0 atom stereocenters. The van der Waals surface area contributed by atoms with Crippen molar-refractivity contribution in [3.05, 3.63) is 65.5 Å². The zero-order chi connectivity index (χ0) is 20.4. The van der Waals surface area contributed by atoms with Gasteiger partial charge in [0.05, 0.1) is 7.11 Å². The smallest absolute Gasteiger partial charge is 0.221 e. The fourth-order valence-corrected chi connectivity index (χ4v) is 2.95. The molecule has 28 heavy (non-hydrogen) atoms. The molecule has 0 unspecified atom stereocenters. The van der Waals surface area contributed by atoms with Gasteiger partial charge in [0, 0.05) is 33.0 Å². The first-order valence-corrected chi connectivity index (χ1v) is 9.38. The maximum absolute atomic E-state index is 13.7. The summed E-state index contributed by atoms with van der Waals surface area (Å²) < 4.78 is 19.0. The number of ether oxygens (including phenoxy) is 1. The molecule has 0 saturated carbocycles. The summed E-state index contributed by atoms with van der Waals surface area (Å²) in [6.45, 7) is 2.64. The van der Waals surface area contributed by atoms with Crippen LogP contribution in [-0.2, 0) is 22.4 Å². The third kappa shape index (κ3) is 6.68. The molecule has 0 heterocycles. The van der Waals surface area contributed by atoms with Crippen molar-refractivity contribution in [1.29, 1.82) is 0 Å². The van der Waals surface area contributed by atoms with Crippen molar-refractivity contribution in [3.8, 4) is 5.75 Å². The van der Waals surface area contributed by atoms with Crippen LogP contribution in [0, 0.1) is 5.82 Å². The van der Waals surface area contributed by atoms with Gasteiger partial charge in [-0.1, -0.05) is 36.4 Å². The van der Waals surface area contributed by atoms with Gasteiger partial charge >= 0.3 is 0 Å². The minimum Gasteiger partial charge on any atom is -0.496 e. The Kier molecular flexibility index (Phi) is 8.46. The molecule has 6 heteroatoms. The van der Waals surface area contributed by atoms with Gasteiger partial charge in [0.2, 0.25) is 11.8 Å². The third-order valence-electron chi connectivity index (χ3n) is 4.57. The van der Waals surface area contributed by atoms with E-state index in [1.807, 2.05) is 24.3 Å². The molecule has 5 nitrogen and oxygen atoms in total. The van der Waals surface area contributed by atoms with Crippen molar-refractivity contribution in [3.63, 3.8) is 0 Å². The van der Waals surface area contributed by atoms with E-state index in [4.69, 9.17) is 4.74 Å². The van der Waals surface area contributed by atoms with Gasteiger partial charge < -0.3 is 15.0 Å². The molecule has 0 fully saturated rings. The highest BCUT2D eigenvalue weighted by molar-refractivity contribution is 5.78. The van der Waals surface area contributed by atoms with Gasteiger partial charge in [-0.15, -0.1) is 0 Å². The summed E-state index contributed by atoms with van der Waals surface area (Å²) in [5.74, 6) is 0.276. The topological polar surface area (TPSA) is 58.6 Å². The number of nitrogens with one attached hydrogen (secondary N) is 1. The van der Waals surface area contributed by atoms with Crippen LogP contribution in [0.15, 0.2) is 48.5 Å². The molecule has 0 aliphatic rings. The number of carbonyl (C=O) groups excluding carboxylic acids is 2. The molecule has 1 N–H and O–H groups in total. The van der Waals surface area contributed by atoms with Crippen LogP contribution in [-0.4, -0.2) is 43.5 Å². The van der Waals surface area contributed by atoms with Crippen LogP contribution in [0.5, 0.6) is 5.75 Å². The maximum Gasteiger partial charge on any atom is 0.221 e. The molecule has 2 aromatic carbocycles. The monoisotopic (exact) mass is 386 g/mol. The Bertz CT molecular complexity index is 795. The van der Waals surface area contributed by atoms with Crippen LogP contribution in [0.25, 0.3) is 0 Å². The van der Waals surface area contributed by atoms with E-state index in [0.717, 1.165) is 11.3 Å². The zero-order valence-electron chi connectivity index (χ0n) is 16.4. The van der Waals surface area contributed by atoms with Gasteiger partial charge in [-0.05, 0) is 36.1 Å². The van der Waals surface area contributed by atoms with E-state index < -0.39 is 0 Å². The first-order valence-electron chi connectivity index (χ1n) is 9.38. The SMILES string of the molecule is COc1ccccc1CCNC(=O)CCN(CCc1ccccc1F)C(C)=O. The standard InChI is InChI=1S/C22H27FN2O3/c1-17(26)25(15-12-18-7-3-5-9-20(18)23)16-13-22(27)24-14-11-19-8-4-6-10-21(19)28-2/h3-10H,11-16H2,1-2H3,(H,24,27). The van der Waals surface area contributed by atoms with Crippen LogP contribution in [0.4, 0.5) is 4.39 Å². The number of benzene rings is 2. The van der Waals surface area contributed by atoms with Crippen LogP contribution in [0.1, 0.15) is 24.5 Å². The minimum atomic E-state index is -0.278. The fourth-order valence-electron chi connectivity index (χ4n) is 2.95. The summed E-state index contributed by atoms with van der Waals surface area (Å²) in [5, 5.41) is 2.87. The van der Waals surface area contributed by atoms with Gasteiger partial charge in [-0.2, -0.15) is 0 Å². The van der Waals surface area contributed by atoms with Gasteiger partial charge in [0.15, 0.2) is 0 Å². The Hall–Kier alpha value is -2.89. The number of amides is 2. The van der Waals surface area contributed by atoms with E-state index in [-0.39, 0.29) is 24.1 Å². The second kappa shape index (κ2) is 11.1. The molecular formula is C22H27FN2O3. The Labute approximate surface area is 165 Å². The van der Waals surface area contributed by atoms with Crippen molar-refractivity contribution in [2.24, 2.45) is 0 Å². The summed E-state index contributed by atoms with van der Waals surface area (Å²) in [6.07, 6.45) is 1.30. The molecule has 0 saturated heterocycles. The largest absolute Gasteiger partial charge is 0.496 e. The lowest BCUT2D eigenvalue weighted by Crippen LogP contribution is -2.35. The number of hydrogen-bond donors (Lipinski definition) is 1. The second-order valence-electron chi connectivity index (χ2n) is 6.51. The van der Waals surface area contributed by atoms with Crippen LogP contribution >= 0.6 is 0 Å². The third-order valence-corrected chi connectivity index (χ3v) is 4.57. The highest BCUT2D eigenvalue weighted by Gasteiger charge is 2.12. The van der Waals surface area contributed by atoms with Crippen LogP contribution in [0.2, 0.25) is 0 Å². The number of halogens is 1. The average Bonchev–Trinajstić information content (AvgIpc) is 2.69. The lowest BCUT2D eigenvalue weighted by atomic mass is 10.1. The fraction of sp³-hybridized carbons (Fsp3) is 0.364. The van der Waals surface area contributed by atoms with Gasteiger partial charge in [-0.25, -0.2) is 4.39 Å². The normalized spacial score (nSPS) is 10.4. The number of rotatable bonds is 10. The van der Waals surface area contributed by atoms with E-state index in [2.05, 4.69) is 5.32 Å². The zero-order valence-corrected chi connectivity index (χ0v) is 16.4. The quantitative estimate of drug-likeness (QED) is 0.683. The number of para-hydroxylation sites is 1. The van der Waals surface area contributed by atoms with Crippen LogP contribution < -0.4 is 10.1 Å². The second-order valence-corrected chi connectivity index (χ2v) is 6.51. The highest BCUT2D eigenvalue weighted by Crippen LogP contribution is 2.17. The molecule has 2 amide bonds. The van der Waals surface area contributed by atoms with Gasteiger partial charge in [-0.3, -0.25) is 9.59 Å². The van der Waals surface area contributed by atoms with Crippen molar-refractivity contribution in [2.45, 2.75) is 26.2 Å². The first-order chi connectivity index (χ1) is 13.5. The predicted molar refractivity (Wildman–Crippen MR) is 107 cm³/mol. The Morgan fingerprint density at radius 1 is 1.00 bits per heavy atom. The summed E-state index contributed by atoms with van der Waals surface area (Å²) in [4.78, 5) is 25.5. The van der Waals surface area contributed by atoms with E-state index >= 15 is 0 Å². The van der Waals surface area contributed by atoms with E-state index in [1.165, 1.54) is 13.0 Å². The molecule has 0 bridgehead atoms. The molecule has 2 rings (SSSR count). The predicted octanol–water partition coefficient (Wildman–Crippen LogP) is 2.97. The highest BCUT2D eigenvalue weighted by atomic mass is 19.1. The summed E-state index contributed by atoms with van der Waals surface area (Å²) in [6, 6.07) is 14.2. The van der Waals surface area contributed by atoms with Crippen LogP contribution in [0.3, 0.4) is 0 Å². The van der Waals surface area contributed by atoms with Crippen molar-refractivity contribution in [2.75, 3.05) is 26.7 Å². The molecule has 2 aromatic rings. The number of carbonyl (C=O) groups is 2. The Morgan fingerprint density at radius 2 is 1.68 bits per heavy atom. The molecular weight excluding hydrogens is 359 g/mol. The van der Waals surface area contributed by atoms with Gasteiger partial charge in [0.25, 0.3) is 0 Å². The minimum absolute atomic E-state index is 0.118. The Balaban J connectivity index is 1.75. The van der Waals surface area contributed by atoms with E-state index in [0.29, 0.717) is 38.0 Å². The average molecular weight is 386 g/mol. The van der Waals surface area contributed by atoms with Gasteiger partial charge in [0.1, 0.15) is 11.6 Å². The lowest BCUT2D eigenvalue weighted by Gasteiger charge is -2.21. The van der Waals surface area contributed by atoms with E-state index in [9.17, 15) is 14.0 Å². The Morgan fingerprint density at radius 3 is 2.36 bits per heavy atom. The maximum atomic E-state index is 13.7. The summed E-state index contributed by atoms with van der Waals surface area (Å²) in [5.41, 5.74) is 1.59. The summed E-state index contributed by atoms with van der Waals surface area (Å²) >= 11 is 0. The molecule has 150 valence electrons. The molecule has 0 aromatic heterocycles. The number of methoxy groups -OCH3 is 1. The number of hydrogen-bond acceptors (Lipinski definition) is 3. The van der Waals surface area contributed by atoms with E-state index in [1.54, 1.807) is 30.2 Å². The first kappa shape index (κ1) is 21.4. The molecule has 0 aliphatic heterocycles. The lowest BCUT2D eigenvalue weighted by molar-refractivity contribution is -0.129. The molecule has 0 aliphatic carbocycles.